The van der Waals surface area contributed by atoms with Gasteiger partial charge in [0.15, 0.2) is 33.0 Å². The molecule has 0 saturated heterocycles. The van der Waals surface area contributed by atoms with Crippen LogP contribution in [0.3, 0.4) is 0 Å². The van der Waals surface area contributed by atoms with E-state index < -0.39 is 26.9 Å². The fourth-order valence-corrected chi connectivity index (χ4v) is 3.80. The number of rotatable bonds is 4. The standard InChI is InChI=1S/C20H18F2O4S/c1-20(2)11-17(23)19(26-13-6-9-15(21)16(22)10-13)18(20)12-4-7-14(8-5-12)27(3,24)25/h4-10H,11H2,1-3H3. The highest BCUT2D eigenvalue weighted by Crippen LogP contribution is 2.46. The second kappa shape index (κ2) is 6.56. The minimum Gasteiger partial charge on any atom is -0.453 e. The van der Waals surface area contributed by atoms with Gasteiger partial charge in [-0.05, 0) is 29.8 Å². The lowest BCUT2D eigenvalue weighted by molar-refractivity contribution is -0.117. The molecule has 0 fully saturated rings. The van der Waals surface area contributed by atoms with E-state index in [1.807, 2.05) is 13.8 Å². The van der Waals surface area contributed by atoms with Crippen LogP contribution >= 0.6 is 0 Å². The van der Waals surface area contributed by atoms with E-state index in [0.717, 1.165) is 18.4 Å². The molecule has 0 amide bonds. The van der Waals surface area contributed by atoms with Crippen LogP contribution < -0.4 is 4.74 Å². The molecule has 142 valence electrons. The first kappa shape index (κ1) is 19.2. The van der Waals surface area contributed by atoms with E-state index >= 15 is 0 Å². The number of allylic oxidation sites excluding steroid dienone is 2. The molecule has 0 bridgehead atoms. The van der Waals surface area contributed by atoms with Crippen LogP contribution in [0.15, 0.2) is 53.1 Å². The zero-order valence-corrected chi connectivity index (χ0v) is 15.9. The van der Waals surface area contributed by atoms with E-state index in [9.17, 15) is 22.0 Å². The van der Waals surface area contributed by atoms with Crippen molar-refractivity contribution in [2.45, 2.75) is 25.2 Å². The molecule has 0 heterocycles. The van der Waals surface area contributed by atoms with Crippen LogP contribution in [0.4, 0.5) is 8.78 Å². The Bertz CT molecular complexity index is 1050. The van der Waals surface area contributed by atoms with Crippen molar-refractivity contribution in [3.8, 4) is 5.75 Å². The second-order valence-electron chi connectivity index (χ2n) is 7.16. The first-order chi connectivity index (χ1) is 12.5. The Hall–Kier alpha value is -2.54. The van der Waals surface area contributed by atoms with Gasteiger partial charge in [0, 0.05) is 29.7 Å². The predicted octanol–water partition coefficient (Wildman–Crippen LogP) is 4.16. The summed E-state index contributed by atoms with van der Waals surface area (Å²) in [5.41, 5.74) is 0.672. The highest BCUT2D eigenvalue weighted by atomic mass is 32.2. The van der Waals surface area contributed by atoms with E-state index in [-0.39, 0.29) is 28.6 Å². The zero-order valence-electron chi connectivity index (χ0n) is 15.0. The van der Waals surface area contributed by atoms with Crippen molar-refractivity contribution in [3.05, 3.63) is 65.4 Å². The summed E-state index contributed by atoms with van der Waals surface area (Å²) < 4.78 is 55.5. The average Bonchev–Trinajstić information content (AvgIpc) is 2.78. The largest absolute Gasteiger partial charge is 0.453 e. The molecule has 0 N–H and O–H groups in total. The van der Waals surface area contributed by atoms with Crippen LogP contribution in [0.25, 0.3) is 5.57 Å². The normalized spacial score (nSPS) is 16.7. The van der Waals surface area contributed by atoms with Gasteiger partial charge >= 0.3 is 0 Å². The third-order valence-electron chi connectivity index (χ3n) is 4.44. The first-order valence-electron chi connectivity index (χ1n) is 8.20. The summed E-state index contributed by atoms with van der Waals surface area (Å²) in [5.74, 6) is -2.27. The molecule has 7 heteroatoms. The van der Waals surface area contributed by atoms with Gasteiger partial charge in [0.2, 0.25) is 0 Å². The van der Waals surface area contributed by atoms with Crippen molar-refractivity contribution < 1.29 is 26.7 Å². The quantitative estimate of drug-likeness (QED) is 0.784. The van der Waals surface area contributed by atoms with E-state index in [2.05, 4.69) is 0 Å². The summed E-state index contributed by atoms with van der Waals surface area (Å²) in [6.45, 7) is 3.73. The molecule has 3 rings (SSSR count). The number of sulfone groups is 1. The SMILES string of the molecule is CC1(C)CC(=O)C(Oc2ccc(F)c(F)c2)=C1c1ccc(S(C)(=O)=O)cc1. The molecule has 2 aromatic carbocycles. The molecule has 0 spiro atoms. The molecule has 0 unspecified atom stereocenters. The van der Waals surface area contributed by atoms with Crippen molar-refractivity contribution in [2.24, 2.45) is 5.41 Å². The minimum atomic E-state index is -3.34. The smallest absolute Gasteiger partial charge is 0.199 e. The van der Waals surface area contributed by atoms with E-state index in [4.69, 9.17) is 4.74 Å². The molecule has 27 heavy (non-hydrogen) atoms. The Balaban J connectivity index is 2.08. The second-order valence-corrected chi connectivity index (χ2v) is 9.18. The Kier molecular flexibility index (Phi) is 4.67. The minimum absolute atomic E-state index is 0.0141. The number of carbonyl (C=O) groups is 1. The summed E-state index contributed by atoms with van der Waals surface area (Å²) in [7, 11) is -3.34. The molecule has 1 aliphatic carbocycles. The lowest BCUT2D eigenvalue weighted by Crippen LogP contribution is -2.10. The lowest BCUT2D eigenvalue weighted by Gasteiger charge is -2.22. The van der Waals surface area contributed by atoms with Crippen LogP contribution in [0, 0.1) is 17.0 Å². The Labute approximate surface area is 156 Å². The van der Waals surface area contributed by atoms with Gasteiger partial charge in [0.1, 0.15) is 5.75 Å². The van der Waals surface area contributed by atoms with Gasteiger partial charge in [-0.2, -0.15) is 0 Å². The number of halogens is 2. The van der Waals surface area contributed by atoms with Gasteiger partial charge in [-0.1, -0.05) is 26.0 Å². The predicted molar refractivity (Wildman–Crippen MR) is 96.9 cm³/mol. The lowest BCUT2D eigenvalue weighted by atomic mass is 9.82. The van der Waals surface area contributed by atoms with Crippen LogP contribution in [0.1, 0.15) is 25.8 Å². The van der Waals surface area contributed by atoms with Crippen molar-refractivity contribution in [2.75, 3.05) is 6.26 Å². The first-order valence-corrected chi connectivity index (χ1v) is 10.1. The number of ether oxygens (including phenoxy) is 1. The Morgan fingerprint density at radius 2 is 1.63 bits per heavy atom. The van der Waals surface area contributed by atoms with Crippen LogP contribution in [-0.2, 0) is 14.6 Å². The molecule has 0 radical (unpaired) electrons. The van der Waals surface area contributed by atoms with Crippen LogP contribution in [0.5, 0.6) is 5.75 Å². The number of hydrogen-bond acceptors (Lipinski definition) is 4. The molecule has 4 nitrogen and oxygen atoms in total. The Morgan fingerprint density at radius 3 is 2.19 bits per heavy atom. The molecule has 0 atom stereocenters. The van der Waals surface area contributed by atoms with Gasteiger partial charge < -0.3 is 4.74 Å². The van der Waals surface area contributed by atoms with Crippen LogP contribution in [0.2, 0.25) is 0 Å². The summed E-state index contributed by atoms with van der Waals surface area (Å²) in [5, 5.41) is 0. The molecular weight excluding hydrogens is 374 g/mol. The van der Waals surface area contributed by atoms with E-state index in [1.165, 1.54) is 18.2 Å². The number of carbonyl (C=O) groups excluding carboxylic acids is 1. The van der Waals surface area contributed by atoms with Crippen LogP contribution in [-0.4, -0.2) is 20.5 Å². The van der Waals surface area contributed by atoms with Gasteiger partial charge in [0.05, 0.1) is 4.90 Å². The van der Waals surface area contributed by atoms with Gasteiger partial charge in [-0.3, -0.25) is 4.79 Å². The monoisotopic (exact) mass is 392 g/mol. The molecule has 1 aliphatic rings. The number of Topliss-reactive ketones (excluding diaryl/α,β-unsaturated/α-hetero) is 1. The topological polar surface area (TPSA) is 60.4 Å². The maximum atomic E-state index is 13.5. The summed E-state index contributed by atoms with van der Waals surface area (Å²) in [6.07, 6.45) is 1.30. The van der Waals surface area contributed by atoms with Gasteiger partial charge in [-0.25, -0.2) is 17.2 Å². The van der Waals surface area contributed by atoms with Crippen molar-refractivity contribution >= 4 is 21.2 Å². The number of hydrogen-bond donors (Lipinski definition) is 0. The fraction of sp³-hybridized carbons (Fsp3) is 0.250. The van der Waals surface area contributed by atoms with Gasteiger partial charge in [-0.15, -0.1) is 0 Å². The molecule has 0 saturated carbocycles. The fourth-order valence-electron chi connectivity index (χ4n) is 3.17. The van der Waals surface area contributed by atoms with E-state index in [0.29, 0.717) is 11.1 Å². The average molecular weight is 392 g/mol. The number of ketones is 1. The molecule has 0 aromatic heterocycles. The zero-order chi connectivity index (χ0) is 20.0. The maximum absolute atomic E-state index is 13.5. The van der Waals surface area contributed by atoms with Crippen molar-refractivity contribution in [1.82, 2.24) is 0 Å². The third kappa shape index (κ3) is 3.78. The molecule has 2 aromatic rings. The Morgan fingerprint density at radius 1 is 1.00 bits per heavy atom. The van der Waals surface area contributed by atoms with Crippen molar-refractivity contribution in [1.29, 1.82) is 0 Å². The van der Waals surface area contributed by atoms with Gasteiger partial charge in [0.25, 0.3) is 0 Å². The third-order valence-corrected chi connectivity index (χ3v) is 5.57. The summed E-state index contributed by atoms with van der Waals surface area (Å²) >= 11 is 0. The highest BCUT2D eigenvalue weighted by Gasteiger charge is 2.41. The summed E-state index contributed by atoms with van der Waals surface area (Å²) in [4.78, 5) is 12.7. The summed E-state index contributed by atoms with van der Waals surface area (Å²) in [6, 6.07) is 9.20. The maximum Gasteiger partial charge on any atom is 0.199 e. The molecule has 0 aliphatic heterocycles. The van der Waals surface area contributed by atoms with E-state index in [1.54, 1.807) is 12.1 Å². The molecular formula is C20H18F2O4S. The number of benzene rings is 2. The highest BCUT2D eigenvalue weighted by molar-refractivity contribution is 7.90. The van der Waals surface area contributed by atoms with Crippen molar-refractivity contribution in [3.63, 3.8) is 0 Å².